The number of aliphatic imine (C=N–C) groups is 2. The Bertz CT molecular complexity index is 999. The van der Waals surface area contributed by atoms with Gasteiger partial charge in [-0.1, -0.05) is 0 Å². The van der Waals surface area contributed by atoms with Gasteiger partial charge < -0.3 is 20.7 Å². The number of nitrogens with zero attached hydrogens (tertiary/aromatic N) is 5. The van der Waals surface area contributed by atoms with E-state index in [1.54, 1.807) is 12.0 Å². The first-order valence-electron chi connectivity index (χ1n) is 11.9. The largest absolute Gasteiger partial charge is 0.378 e. The molecule has 0 aromatic rings. The minimum atomic E-state index is -1.14. The fourth-order valence-electron chi connectivity index (χ4n) is 5.23. The minimum Gasteiger partial charge on any atom is -0.378 e. The molecule has 4 N–H and O–H groups in total. The molecule has 5 heterocycles. The maximum Gasteiger partial charge on any atom is 0.238 e. The third-order valence-corrected chi connectivity index (χ3v) is 7.24. The van der Waals surface area contributed by atoms with E-state index < -0.39 is 36.0 Å². The number of nitrogens with one attached hydrogen (secondary N) is 2. The predicted octanol–water partition coefficient (Wildman–Crippen LogP) is -1.11. The molecule has 5 rings (SSSR count). The second kappa shape index (κ2) is 9.75. The molecule has 4 atom stereocenters. The minimum absolute atomic E-state index is 0.0363. The van der Waals surface area contributed by atoms with Crippen molar-refractivity contribution in [2.45, 2.75) is 37.3 Å². The summed E-state index contributed by atoms with van der Waals surface area (Å²) < 4.78 is 33.9. The third kappa shape index (κ3) is 4.62. The summed E-state index contributed by atoms with van der Waals surface area (Å²) in [7, 11) is 1.64. The number of hydrogen-bond acceptors (Lipinski definition) is 9. The zero-order chi connectivity index (χ0) is 24.7. The van der Waals surface area contributed by atoms with E-state index in [1.807, 2.05) is 4.90 Å². The van der Waals surface area contributed by atoms with Crippen LogP contribution < -0.4 is 16.5 Å². The number of likely N-dealkylation sites (tertiary alicyclic amines) is 2. The summed E-state index contributed by atoms with van der Waals surface area (Å²) in [4.78, 5) is 37.5. The molecule has 0 aromatic carbocycles. The van der Waals surface area contributed by atoms with Crippen LogP contribution in [-0.2, 0) is 14.3 Å². The van der Waals surface area contributed by atoms with Crippen molar-refractivity contribution in [2.24, 2.45) is 27.6 Å². The molecule has 0 aliphatic carbocycles. The average molecular weight is 493 g/mol. The summed E-state index contributed by atoms with van der Waals surface area (Å²) >= 11 is 0. The highest BCUT2D eigenvalue weighted by Crippen LogP contribution is 2.29. The Balaban J connectivity index is 1.22. The summed E-state index contributed by atoms with van der Waals surface area (Å²) in [6, 6.07) is -0.861. The van der Waals surface area contributed by atoms with Gasteiger partial charge in [-0.05, 0) is 25.9 Å². The van der Waals surface area contributed by atoms with E-state index in [0.29, 0.717) is 44.9 Å². The molecule has 3 saturated heterocycles. The van der Waals surface area contributed by atoms with Crippen LogP contribution in [0.1, 0.15) is 12.8 Å². The fourth-order valence-corrected chi connectivity index (χ4v) is 5.23. The molecule has 0 radical (unpaired) electrons. The first-order chi connectivity index (χ1) is 16.9. The molecule has 0 bridgehead atoms. The molecule has 5 aliphatic rings. The van der Waals surface area contributed by atoms with Crippen molar-refractivity contribution in [1.82, 2.24) is 25.6 Å². The number of alkyl halides is 1. The molecule has 0 aromatic heterocycles. The number of hydrazine groups is 1. The quantitative estimate of drug-likeness (QED) is 0.444. The number of amidine groups is 1. The number of fused-ring (bicyclic) bond motifs is 1. The predicted molar refractivity (Wildman–Crippen MR) is 122 cm³/mol. The molecule has 0 spiro atoms. The van der Waals surface area contributed by atoms with Crippen LogP contribution in [0.25, 0.3) is 0 Å². The molecule has 5 aliphatic heterocycles. The van der Waals surface area contributed by atoms with E-state index in [4.69, 9.17) is 10.5 Å². The SMILES string of the molecule is COC1CN(C(=O)C2CCN(C3C(NC(=O)C4C5=NCC(F)CN5NC4N)=C=NC=C3F)CC2)C1. The summed E-state index contributed by atoms with van der Waals surface area (Å²) in [6.45, 7) is 2.19. The Morgan fingerprint density at radius 3 is 2.74 bits per heavy atom. The van der Waals surface area contributed by atoms with Gasteiger partial charge >= 0.3 is 0 Å². The van der Waals surface area contributed by atoms with E-state index >= 15 is 0 Å². The molecule has 11 nitrogen and oxygen atoms in total. The topological polar surface area (TPSA) is 128 Å². The molecular formula is C22H30F2N8O3. The van der Waals surface area contributed by atoms with Gasteiger partial charge in [-0.25, -0.2) is 19.2 Å². The highest BCUT2D eigenvalue weighted by molar-refractivity contribution is 6.06. The Hall–Kier alpha value is -2.70. The van der Waals surface area contributed by atoms with Crippen molar-refractivity contribution >= 4 is 23.5 Å². The van der Waals surface area contributed by atoms with Gasteiger partial charge in [0, 0.05) is 32.0 Å². The fraction of sp³-hybridized carbons (Fsp3) is 0.682. The van der Waals surface area contributed by atoms with Gasteiger partial charge in [0.15, 0.2) is 0 Å². The lowest BCUT2D eigenvalue weighted by molar-refractivity contribution is -0.149. The standard InChI is InChI=1S/C22H30F2N8O3/c1-35-14-10-31(11-14)22(34)12-2-4-30(5-3-12)18-15(24)7-26-8-16(18)28-21(33)17-19(25)29-32-9-13(23)6-27-20(17)32/h7,12-14,17-19,29H,2-6,9-11,25H2,1H3,(H,28,33). The van der Waals surface area contributed by atoms with E-state index in [9.17, 15) is 18.4 Å². The van der Waals surface area contributed by atoms with E-state index in [2.05, 4.69) is 26.6 Å². The van der Waals surface area contributed by atoms with Crippen LogP contribution in [0.3, 0.4) is 0 Å². The Labute approximate surface area is 201 Å². The van der Waals surface area contributed by atoms with Crippen LogP contribution >= 0.6 is 0 Å². The smallest absolute Gasteiger partial charge is 0.238 e. The maximum atomic E-state index is 14.9. The van der Waals surface area contributed by atoms with Crippen LogP contribution in [-0.4, -0.2) is 109 Å². The first-order valence-corrected chi connectivity index (χ1v) is 11.9. The van der Waals surface area contributed by atoms with Gasteiger partial charge in [0.1, 0.15) is 35.5 Å². The second-order valence-corrected chi connectivity index (χ2v) is 9.51. The number of nitrogens with two attached hydrogens (primary N) is 1. The molecule has 190 valence electrons. The van der Waals surface area contributed by atoms with Crippen molar-refractivity contribution in [3.8, 4) is 0 Å². The molecule has 35 heavy (non-hydrogen) atoms. The number of piperidine rings is 1. The maximum absolute atomic E-state index is 14.9. The lowest BCUT2D eigenvalue weighted by Gasteiger charge is -2.42. The summed E-state index contributed by atoms with van der Waals surface area (Å²) in [5.41, 5.74) is 9.13. The van der Waals surface area contributed by atoms with Crippen molar-refractivity contribution in [1.29, 1.82) is 0 Å². The van der Waals surface area contributed by atoms with Crippen molar-refractivity contribution in [3.63, 3.8) is 0 Å². The third-order valence-electron chi connectivity index (χ3n) is 7.24. The van der Waals surface area contributed by atoms with Gasteiger partial charge in [-0.3, -0.25) is 24.5 Å². The summed E-state index contributed by atoms with van der Waals surface area (Å²) in [5, 5.41) is 4.19. The summed E-state index contributed by atoms with van der Waals surface area (Å²) in [5.74, 6) is 1.21. The zero-order valence-corrected chi connectivity index (χ0v) is 19.5. The number of hydrogen-bond donors (Lipinski definition) is 3. The Morgan fingerprint density at radius 1 is 1.29 bits per heavy atom. The molecule has 4 unspecified atom stereocenters. The molecule has 0 saturated carbocycles. The second-order valence-electron chi connectivity index (χ2n) is 9.51. The highest BCUT2D eigenvalue weighted by Gasteiger charge is 2.45. The molecule has 2 amide bonds. The normalized spacial score (nSPS) is 31.9. The van der Waals surface area contributed by atoms with E-state index in [1.165, 1.54) is 5.01 Å². The number of ether oxygens (including phenoxy) is 1. The van der Waals surface area contributed by atoms with E-state index in [0.717, 1.165) is 6.20 Å². The Kier molecular flexibility index (Phi) is 6.69. The lowest BCUT2D eigenvalue weighted by atomic mass is 9.92. The Morgan fingerprint density at radius 2 is 2.03 bits per heavy atom. The van der Waals surface area contributed by atoms with Crippen LogP contribution in [0.2, 0.25) is 0 Å². The van der Waals surface area contributed by atoms with Crippen LogP contribution in [0.15, 0.2) is 27.7 Å². The zero-order valence-electron chi connectivity index (χ0n) is 19.5. The molecule has 13 heteroatoms. The lowest BCUT2D eigenvalue weighted by Crippen LogP contribution is -2.57. The average Bonchev–Trinajstić information content (AvgIpc) is 3.13. The highest BCUT2D eigenvalue weighted by atomic mass is 19.1. The van der Waals surface area contributed by atoms with Gasteiger partial charge in [-0.15, -0.1) is 0 Å². The number of carbonyl (C=O) groups excluding carboxylic acids is 2. The number of methoxy groups -OCH3 is 1. The number of carbonyl (C=O) groups is 2. The monoisotopic (exact) mass is 492 g/mol. The van der Waals surface area contributed by atoms with Gasteiger partial charge in [0.25, 0.3) is 0 Å². The van der Waals surface area contributed by atoms with Crippen molar-refractivity contribution in [3.05, 3.63) is 17.7 Å². The number of halogens is 2. The number of rotatable bonds is 5. The van der Waals surface area contributed by atoms with E-state index in [-0.39, 0.29) is 36.7 Å². The number of amides is 2. The van der Waals surface area contributed by atoms with Crippen LogP contribution in [0, 0.1) is 11.8 Å². The molecule has 3 fully saturated rings. The van der Waals surface area contributed by atoms with Gasteiger partial charge in [-0.2, -0.15) is 0 Å². The van der Waals surface area contributed by atoms with Crippen molar-refractivity contribution < 1.29 is 23.1 Å². The molecular weight excluding hydrogens is 462 g/mol. The van der Waals surface area contributed by atoms with Gasteiger partial charge in [0.2, 0.25) is 11.8 Å². The van der Waals surface area contributed by atoms with Crippen LogP contribution in [0.5, 0.6) is 0 Å². The van der Waals surface area contributed by atoms with Gasteiger partial charge in [0.05, 0.1) is 31.6 Å². The summed E-state index contributed by atoms with van der Waals surface area (Å²) in [6.07, 6.45) is 0.421. The first kappa shape index (κ1) is 24.0. The van der Waals surface area contributed by atoms with Crippen molar-refractivity contribution in [2.75, 3.05) is 46.4 Å². The van der Waals surface area contributed by atoms with Crippen LogP contribution in [0.4, 0.5) is 8.78 Å².